The van der Waals surface area contributed by atoms with E-state index in [1.807, 2.05) is 32.1 Å². The van der Waals surface area contributed by atoms with E-state index in [1.165, 1.54) is 26.2 Å². The number of esters is 1. The average Bonchev–Trinajstić information content (AvgIpc) is 2.64. The maximum absolute atomic E-state index is 11.7. The first kappa shape index (κ1) is 15.3. The highest BCUT2D eigenvalue weighted by molar-refractivity contribution is 14.1. The number of nitrogens with one attached hydrogen (secondary N) is 1. The topological polar surface area (TPSA) is 38.3 Å². The predicted molar refractivity (Wildman–Crippen MR) is 86.6 cm³/mol. The molecule has 1 unspecified atom stereocenters. The van der Waals surface area contributed by atoms with Crippen molar-refractivity contribution in [1.82, 2.24) is 5.32 Å². The van der Waals surface area contributed by atoms with E-state index in [4.69, 9.17) is 4.74 Å². The van der Waals surface area contributed by atoms with Crippen molar-refractivity contribution >= 4 is 39.9 Å². The summed E-state index contributed by atoms with van der Waals surface area (Å²) >= 11 is 4.24. The van der Waals surface area contributed by atoms with Gasteiger partial charge in [0.1, 0.15) is 5.60 Å². The Labute approximate surface area is 132 Å². The second-order valence-corrected chi connectivity index (χ2v) is 8.87. The molecular formula is C14H20INO2S. The number of ether oxygens (including phenoxy) is 1. The van der Waals surface area contributed by atoms with Gasteiger partial charge < -0.3 is 4.74 Å². The van der Waals surface area contributed by atoms with Crippen LogP contribution in [0.3, 0.4) is 0 Å². The van der Waals surface area contributed by atoms with E-state index in [0.29, 0.717) is 6.04 Å². The van der Waals surface area contributed by atoms with E-state index in [1.54, 1.807) is 0 Å². The van der Waals surface area contributed by atoms with Gasteiger partial charge in [0.25, 0.3) is 0 Å². The number of hydrogen-bond donors (Lipinski definition) is 1. The van der Waals surface area contributed by atoms with Crippen LogP contribution in [0, 0.1) is 2.88 Å². The fourth-order valence-electron chi connectivity index (χ4n) is 2.32. The summed E-state index contributed by atoms with van der Waals surface area (Å²) in [4.78, 5) is 13.2. The van der Waals surface area contributed by atoms with Gasteiger partial charge in [-0.05, 0) is 74.3 Å². The minimum atomic E-state index is -0.408. The number of carbonyl (C=O) groups excluding carboxylic acids is 1. The molecule has 0 saturated heterocycles. The van der Waals surface area contributed by atoms with Crippen LogP contribution in [0.5, 0.6) is 0 Å². The number of fused-ring (bicyclic) bond motifs is 1. The molecule has 1 N–H and O–H groups in total. The summed E-state index contributed by atoms with van der Waals surface area (Å²) in [7, 11) is 0. The summed E-state index contributed by atoms with van der Waals surface area (Å²) in [6, 6.07) is 2.54. The molecule has 0 aromatic carbocycles. The molecule has 0 fully saturated rings. The molecule has 0 amide bonds. The zero-order chi connectivity index (χ0) is 14.0. The monoisotopic (exact) mass is 393 g/mol. The molecule has 3 nitrogen and oxygen atoms in total. The third-order valence-electron chi connectivity index (χ3n) is 3.00. The molecule has 1 aromatic rings. The Bertz CT molecular complexity index is 465. The second-order valence-electron chi connectivity index (χ2n) is 5.84. The van der Waals surface area contributed by atoms with Gasteiger partial charge in [-0.15, -0.1) is 11.3 Å². The third kappa shape index (κ3) is 4.43. The number of hydrogen-bond acceptors (Lipinski definition) is 4. The number of rotatable bonds is 3. The quantitative estimate of drug-likeness (QED) is 0.629. The zero-order valence-corrected chi connectivity index (χ0v) is 14.6. The van der Waals surface area contributed by atoms with Crippen LogP contribution in [0.15, 0.2) is 6.07 Å². The van der Waals surface area contributed by atoms with Crippen LogP contribution in [-0.4, -0.2) is 18.1 Å². The molecule has 1 atom stereocenters. The summed E-state index contributed by atoms with van der Waals surface area (Å²) in [6.45, 7) is 5.97. The van der Waals surface area contributed by atoms with Crippen molar-refractivity contribution in [2.24, 2.45) is 0 Å². The smallest absolute Gasteiger partial charge is 0.320 e. The highest BCUT2D eigenvalue weighted by atomic mass is 127. The molecule has 1 aliphatic rings. The van der Waals surface area contributed by atoms with Crippen molar-refractivity contribution in [1.29, 1.82) is 0 Å². The number of halogens is 1. The lowest BCUT2D eigenvalue weighted by atomic mass is 9.94. The molecule has 19 heavy (non-hydrogen) atoms. The lowest BCUT2D eigenvalue weighted by Gasteiger charge is -2.25. The highest BCUT2D eigenvalue weighted by Gasteiger charge is 2.24. The van der Waals surface area contributed by atoms with Gasteiger partial charge >= 0.3 is 5.97 Å². The third-order valence-corrected chi connectivity index (χ3v) is 4.97. The summed E-state index contributed by atoms with van der Waals surface area (Å²) in [5.74, 6) is -0.176. The maximum atomic E-state index is 11.7. The molecule has 106 valence electrons. The van der Waals surface area contributed by atoms with Crippen LogP contribution in [0.2, 0.25) is 0 Å². The molecule has 5 heteroatoms. The van der Waals surface area contributed by atoms with E-state index in [0.717, 1.165) is 6.42 Å². The van der Waals surface area contributed by atoms with Crippen LogP contribution in [0.25, 0.3) is 0 Å². The van der Waals surface area contributed by atoms with Gasteiger partial charge in [0, 0.05) is 10.9 Å². The largest absolute Gasteiger partial charge is 0.459 e. The van der Waals surface area contributed by atoms with E-state index in [2.05, 4.69) is 34.0 Å². The maximum Gasteiger partial charge on any atom is 0.320 e. The fraction of sp³-hybridized carbons (Fsp3) is 0.643. The molecule has 0 spiro atoms. The normalized spacial score (nSPS) is 19.1. The molecule has 1 aliphatic carbocycles. The van der Waals surface area contributed by atoms with Gasteiger partial charge in [-0.25, -0.2) is 0 Å². The van der Waals surface area contributed by atoms with Gasteiger partial charge in [0.2, 0.25) is 0 Å². The van der Waals surface area contributed by atoms with E-state index < -0.39 is 5.60 Å². The number of aryl methyl sites for hydroxylation is 1. The summed E-state index contributed by atoms with van der Waals surface area (Å²) in [6.07, 6.45) is 3.46. The number of thiophene rings is 1. The Morgan fingerprint density at radius 3 is 3.00 bits per heavy atom. The summed E-state index contributed by atoms with van der Waals surface area (Å²) in [5.41, 5.74) is 0.970. The lowest BCUT2D eigenvalue weighted by molar-refractivity contribution is -0.153. The Kier molecular flexibility index (Phi) is 4.89. The molecule has 2 rings (SSSR count). The summed E-state index contributed by atoms with van der Waals surface area (Å²) < 4.78 is 6.65. The van der Waals surface area contributed by atoms with Crippen molar-refractivity contribution in [3.63, 3.8) is 0 Å². The highest BCUT2D eigenvalue weighted by Crippen LogP contribution is 2.36. The fourth-order valence-corrected chi connectivity index (χ4v) is 4.44. The molecule has 0 aliphatic heterocycles. The molecule has 1 heterocycles. The molecule has 0 saturated carbocycles. The number of carbonyl (C=O) groups is 1. The first-order chi connectivity index (χ1) is 8.85. The van der Waals surface area contributed by atoms with Crippen molar-refractivity contribution in [3.05, 3.63) is 19.4 Å². The van der Waals surface area contributed by atoms with Crippen LogP contribution in [0.1, 0.15) is 50.1 Å². The Hall–Kier alpha value is -0.140. The van der Waals surface area contributed by atoms with E-state index in [9.17, 15) is 4.79 Å². The van der Waals surface area contributed by atoms with E-state index >= 15 is 0 Å². The standard InChI is InChI=1S/C14H20INO2S/c1-14(2,3)18-13(17)8-16-10-5-4-6-11-9(10)7-12(15)19-11/h7,10,16H,4-6,8H2,1-3H3. The van der Waals surface area contributed by atoms with Crippen molar-refractivity contribution < 1.29 is 9.53 Å². The molecule has 1 aromatic heterocycles. The second kappa shape index (κ2) is 6.10. The molecule has 0 radical (unpaired) electrons. The summed E-state index contributed by atoms with van der Waals surface area (Å²) in [5, 5.41) is 3.34. The van der Waals surface area contributed by atoms with Gasteiger partial charge in [-0.1, -0.05) is 0 Å². The van der Waals surface area contributed by atoms with E-state index in [-0.39, 0.29) is 12.5 Å². The van der Waals surface area contributed by atoms with Crippen LogP contribution in [0.4, 0.5) is 0 Å². The average molecular weight is 393 g/mol. The predicted octanol–water partition coefficient (Wildman–Crippen LogP) is 3.66. The van der Waals surface area contributed by atoms with Gasteiger partial charge in [0.05, 0.1) is 9.43 Å². The van der Waals surface area contributed by atoms with Gasteiger partial charge in [0.15, 0.2) is 0 Å². The van der Waals surface area contributed by atoms with Crippen LogP contribution >= 0.6 is 33.9 Å². The lowest BCUT2D eigenvalue weighted by Crippen LogP contribution is -2.34. The SMILES string of the molecule is CC(C)(C)OC(=O)CNC1CCCc2sc(I)cc21. The molecular weight excluding hydrogens is 373 g/mol. The van der Waals surface area contributed by atoms with Crippen molar-refractivity contribution in [2.75, 3.05) is 6.54 Å². The molecule has 0 bridgehead atoms. The van der Waals surface area contributed by atoms with Crippen molar-refractivity contribution in [2.45, 2.75) is 51.7 Å². The minimum Gasteiger partial charge on any atom is -0.459 e. The van der Waals surface area contributed by atoms with Crippen LogP contribution in [-0.2, 0) is 16.0 Å². The van der Waals surface area contributed by atoms with Crippen LogP contribution < -0.4 is 5.32 Å². The Morgan fingerprint density at radius 1 is 1.58 bits per heavy atom. The Balaban J connectivity index is 1.92. The minimum absolute atomic E-state index is 0.176. The first-order valence-electron chi connectivity index (χ1n) is 6.58. The zero-order valence-electron chi connectivity index (χ0n) is 11.6. The Morgan fingerprint density at radius 2 is 2.32 bits per heavy atom. The van der Waals surface area contributed by atoms with Gasteiger partial charge in [-0.3, -0.25) is 10.1 Å². The van der Waals surface area contributed by atoms with Gasteiger partial charge in [-0.2, -0.15) is 0 Å². The van der Waals surface area contributed by atoms with Crippen molar-refractivity contribution in [3.8, 4) is 0 Å². The first-order valence-corrected chi connectivity index (χ1v) is 8.48.